The monoisotopic (exact) mass is 1060 g/mol. The fraction of sp³-hybridized carbons (Fsp3) is 0.366. The molecule has 6 heterocycles. The first kappa shape index (κ1) is 58.4. The number of nitrogen functional groups attached to an aromatic ring is 4. The van der Waals surface area contributed by atoms with Gasteiger partial charge in [0.2, 0.25) is 24.3 Å². The molecule has 6 rings (SSSR count). The number of allylic oxidation sites excluding steroid dienone is 2. The number of anilines is 4. The third-order valence-electron chi connectivity index (χ3n) is 9.74. The lowest BCUT2D eigenvalue weighted by atomic mass is 10.2. The Morgan fingerprint density at radius 1 is 0.775 bits per heavy atom. The zero-order valence-electron chi connectivity index (χ0n) is 39.6. The predicted molar refractivity (Wildman–Crippen MR) is 274 cm³/mol. The lowest BCUT2D eigenvalue weighted by Gasteiger charge is -2.24. The van der Waals surface area contributed by atoms with Crippen LogP contribution in [0.3, 0.4) is 0 Å². The third kappa shape index (κ3) is 18.4. The smallest absolute Gasteiger partial charge is 0.225 e. The van der Waals surface area contributed by atoms with Crippen molar-refractivity contribution in [1.29, 1.82) is 0 Å². The minimum Gasteiger partial charge on any atom is -0.396 e. The second-order valence-corrected chi connectivity index (χ2v) is 18.3. The highest BCUT2D eigenvalue weighted by molar-refractivity contribution is 8.79. The average Bonchev–Trinajstić information content (AvgIpc) is 3.93. The van der Waals surface area contributed by atoms with Crippen molar-refractivity contribution < 1.29 is 34.6 Å². The molecule has 71 heavy (non-hydrogen) atoms. The molecule has 0 spiro atoms. The fourth-order valence-electron chi connectivity index (χ4n) is 5.93. The highest BCUT2D eigenvalue weighted by Crippen LogP contribution is 2.43. The van der Waals surface area contributed by atoms with Crippen LogP contribution in [-0.4, -0.2) is 113 Å². The summed E-state index contributed by atoms with van der Waals surface area (Å²) in [5.41, 5.74) is 31.2. The summed E-state index contributed by atoms with van der Waals surface area (Å²) in [6.07, 6.45) is 9.15. The van der Waals surface area contributed by atoms with Gasteiger partial charge in [0.25, 0.3) is 0 Å². The Labute approximate surface area is 424 Å². The molecule has 6 aromatic rings. The number of H-pyrrole nitrogens is 2. The number of hydrogen-bond donors (Lipinski definition) is 9. The number of thiazole rings is 1. The minimum absolute atomic E-state index is 0.131. The number of hydrogen-bond acceptors (Lipinski definition) is 24. The van der Waals surface area contributed by atoms with Crippen molar-refractivity contribution in [2.45, 2.75) is 80.4 Å². The van der Waals surface area contributed by atoms with E-state index in [1.54, 1.807) is 57.6 Å². The number of nitrogens with two attached hydrogens (primary N) is 4. The standard InChI is InChI=1S/C24H34N8O4S2.C12H17N4OS.C5H5N5S.NO3/c1-15(31(13-35)11-19-9-27-17(3)29-23(19)25)21(5-7-33)37-38-22(6-8-34)16(2)32(14-36)12-20-10-28-18(4)30-24(20)26;1-8-11(3-4-17)18-7-16(8)6-10-5-14-9(2)15-12(10)13;6-5-9-3-2(4(11)10-5)7-1-8-3;2-1(3)4/h9-10,13-14,33-34H,5-8,11-12H2,1-4H3,(H2,25,27,29)(H2,26,28,30);5,7,17H,3-4,6H2,1-2H3,(H2,13,14,15);1H,(H4,6,7,8,9,10,11);/q;+1;;-1/b21-15-,22-16-;;;. The number of aromatic nitrogens is 11. The van der Waals surface area contributed by atoms with E-state index < -0.39 is 5.09 Å². The molecule has 0 unspecified atom stereocenters. The molecule has 0 radical (unpaired) electrons. The van der Waals surface area contributed by atoms with Gasteiger partial charge in [-0.3, -0.25) is 9.59 Å². The van der Waals surface area contributed by atoms with Crippen molar-refractivity contribution in [3.05, 3.63) is 116 Å². The number of carbonyl (C=O) groups is 2. The lowest BCUT2D eigenvalue weighted by molar-refractivity contribution is -0.689. The average molecular weight is 1060 g/mol. The van der Waals surface area contributed by atoms with Gasteiger partial charge in [0.1, 0.15) is 40.4 Å². The number of aliphatic hydroxyl groups is 3. The third-order valence-corrected chi connectivity index (χ3v) is 14.1. The molecular weight excluding hydrogens is 1000 g/mol. The van der Waals surface area contributed by atoms with E-state index >= 15 is 0 Å². The zero-order valence-corrected chi connectivity index (χ0v) is 42.9. The van der Waals surface area contributed by atoms with Gasteiger partial charge < -0.3 is 73.3 Å². The number of fused-ring (bicyclic) bond motifs is 1. The van der Waals surface area contributed by atoms with E-state index in [9.17, 15) is 19.8 Å². The molecule has 30 heteroatoms. The minimum atomic E-state index is -1.75. The van der Waals surface area contributed by atoms with Crippen LogP contribution < -0.4 is 27.5 Å². The molecule has 2 amide bonds. The van der Waals surface area contributed by atoms with Gasteiger partial charge in [-0.25, -0.2) is 39.9 Å². The van der Waals surface area contributed by atoms with Gasteiger partial charge in [-0.15, -0.1) is 0 Å². The number of imidazole rings is 1. The van der Waals surface area contributed by atoms with Crippen LogP contribution in [0.1, 0.15) is 71.4 Å². The fourth-order valence-corrected chi connectivity index (χ4v) is 10.0. The first-order chi connectivity index (χ1) is 33.8. The van der Waals surface area contributed by atoms with Gasteiger partial charge >= 0.3 is 0 Å². The molecule has 6 aromatic heterocycles. The van der Waals surface area contributed by atoms with E-state index in [0.717, 1.165) is 21.1 Å². The van der Waals surface area contributed by atoms with Crippen molar-refractivity contribution in [2.75, 3.05) is 42.8 Å². The number of nitrogens with one attached hydrogen (secondary N) is 2. The second kappa shape index (κ2) is 29.3. The molecule has 0 aliphatic carbocycles. The number of aryl methyl sites for hydroxylation is 3. The van der Waals surface area contributed by atoms with Gasteiger partial charge in [0.05, 0.1) is 34.9 Å². The number of nitrogens with zero attached hydrogens (tertiary/aromatic N) is 12. The molecule has 0 atom stereocenters. The van der Waals surface area contributed by atoms with E-state index in [-0.39, 0.29) is 38.9 Å². The summed E-state index contributed by atoms with van der Waals surface area (Å²) in [5, 5.41) is 43.1. The van der Waals surface area contributed by atoms with Crippen LogP contribution in [0.25, 0.3) is 11.2 Å². The van der Waals surface area contributed by atoms with E-state index in [0.29, 0.717) is 112 Å². The Bertz CT molecular complexity index is 2760. The van der Waals surface area contributed by atoms with Crippen molar-refractivity contribution in [2.24, 2.45) is 0 Å². The van der Waals surface area contributed by atoms with Crippen molar-refractivity contribution in [1.82, 2.24) is 59.6 Å². The largest absolute Gasteiger partial charge is 0.396 e. The normalized spacial score (nSPS) is 11.4. The van der Waals surface area contributed by atoms with Crippen LogP contribution >= 0.6 is 45.1 Å². The predicted octanol–water partition coefficient (Wildman–Crippen LogP) is 3.24. The Kier molecular flexibility index (Phi) is 24.1. The molecule has 0 saturated heterocycles. The lowest BCUT2D eigenvalue weighted by Crippen LogP contribution is -2.35. The van der Waals surface area contributed by atoms with Gasteiger partial charge in [0.15, 0.2) is 22.5 Å². The number of rotatable bonds is 19. The zero-order chi connectivity index (χ0) is 52.8. The number of aromatic amines is 2. The molecular formula is C41H56N18O8S4. The van der Waals surface area contributed by atoms with Gasteiger partial charge in [0, 0.05) is 96.9 Å². The molecule has 0 aromatic carbocycles. The molecule has 0 bridgehead atoms. The molecule has 0 aliphatic rings. The SMILES string of the molecule is C/C(=C(\CCO)SS/C(CCO)=C(/C)N(C=O)Cc1cnc(C)nc1N)N(C=O)Cc1cnc(C)nc1N.Cc1ncc(C[n+]2csc(CCO)c2C)c(N)n1.Nc1nc(=S)c2[nH]cnc2[nH]1.O=[N+]([O-])[O-]. The van der Waals surface area contributed by atoms with E-state index in [1.165, 1.54) is 42.6 Å². The van der Waals surface area contributed by atoms with Gasteiger partial charge in [-0.05, 0) is 34.6 Å². The maximum Gasteiger partial charge on any atom is 0.225 e. The number of carbonyl (C=O) groups excluding carboxylic acids is 2. The summed E-state index contributed by atoms with van der Waals surface area (Å²) in [6, 6.07) is 0. The van der Waals surface area contributed by atoms with Gasteiger partial charge in [-0.2, -0.15) is 4.57 Å². The summed E-state index contributed by atoms with van der Waals surface area (Å²) in [7, 11) is 2.69. The highest BCUT2D eigenvalue weighted by Gasteiger charge is 2.19. The summed E-state index contributed by atoms with van der Waals surface area (Å²) in [4.78, 5) is 76.1. The number of aliphatic hydroxyl groups excluding tert-OH is 3. The second-order valence-electron chi connectivity index (χ2n) is 14.7. The molecule has 26 nitrogen and oxygen atoms in total. The Balaban J connectivity index is 0.000000326. The van der Waals surface area contributed by atoms with Crippen LogP contribution in [0.15, 0.2) is 51.6 Å². The van der Waals surface area contributed by atoms with Crippen molar-refractivity contribution in [3.8, 4) is 0 Å². The molecule has 382 valence electrons. The Morgan fingerprint density at radius 2 is 1.23 bits per heavy atom. The van der Waals surface area contributed by atoms with Crippen LogP contribution in [0.4, 0.5) is 23.4 Å². The number of amides is 2. The van der Waals surface area contributed by atoms with Crippen molar-refractivity contribution >= 4 is 92.5 Å². The van der Waals surface area contributed by atoms with Crippen LogP contribution in [0.5, 0.6) is 0 Å². The quantitative estimate of drug-likeness (QED) is 0.0140. The Hall–Kier alpha value is -6.96. The maximum absolute atomic E-state index is 12.0. The van der Waals surface area contributed by atoms with Crippen LogP contribution in [-0.2, 0) is 35.6 Å². The summed E-state index contributed by atoms with van der Waals surface area (Å²) in [6.45, 7) is 11.8. The van der Waals surface area contributed by atoms with E-state index in [2.05, 4.69) is 54.4 Å². The van der Waals surface area contributed by atoms with Gasteiger partial charge in [-0.1, -0.05) is 45.1 Å². The summed E-state index contributed by atoms with van der Waals surface area (Å²) < 4.78 is 2.55. The van der Waals surface area contributed by atoms with E-state index in [4.69, 9.17) is 55.6 Å². The highest BCUT2D eigenvalue weighted by atomic mass is 33.1. The molecule has 0 aliphatic heterocycles. The first-order valence-corrected chi connectivity index (χ1v) is 24.4. The van der Waals surface area contributed by atoms with Crippen LogP contribution in [0.2, 0.25) is 0 Å². The molecule has 0 fully saturated rings. The van der Waals surface area contributed by atoms with Crippen molar-refractivity contribution in [3.63, 3.8) is 0 Å². The summed E-state index contributed by atoms with van der Waals surface area (Å²) >= 11 is 6.56. The molecule has 13 N–H and O–H groups in total. The molecule has 0 saturated carbocycles. The summed E-state index contributed by atoms with van der Waals surface area (Å²) in [5.74, 6) is 3.15. The topological polar surface area (TPSA) is 410 Å². The van der Waals surface area contributed by atoms with E-state index in [1.807, 2.05) is 19.4 Å². The Morgan fingerprint density at radius 3 is 1.63 bits per heavy atom. The first-order valence-electron chi connectivity index (χ1n) is 21.0. The van der Waals surface area contributed by atoms with Crippen LogP contribution in [0, 0.1) is 47.7 Å². The maximum atomic E-state index is 12.0.